The Hall–Kier alpha value is -1.42. The molecule has 1 rings (SSSR count). The molecule has 0 N–H and O–H groups in total. The van der Waals surface area contributed by atoms with Crippen molar-refractivity contribution in [2.24, 2.45) is 16.8 Å². The molecule has 3 unspecified atom stereocenters. The van der Waals surface area contributed by atoms with Gasteiger partial charge in [0.25, 0.3) is 0 Å². The Kier molecular flexibility index (Phi) is 10.5. The lowest BCUT2D eigenvalue weighted by atomic mass is 9.91. The van der Waals surface area contributed by atoms with E-state index in [1.807, 2.05) is 0 Å². The van der Waals surface area contributed by atoms with E-state index in [-0.39, 0.29) is 0 Å². The molecule has 0 fully saturated rings. The topological polar surface area (TPSA) is 82.0 Å². The van der Waals surface area contributed by atoms with Gasteiger partial charge in [-0.05, 0) is 19.8 Å². The Morgan fingerprint density at radius 3 is 1.37 bits per heavy atom. The fourth-order valence-electron chi connectivity index (χ4n) is 3.58. The average Bonchev–Trinajstić information content (AvgIpc) is 3.22. The van der Waals surface area contributed by atoms with Gasteiger partial charge in [-0.2, -0.15) is 74.6 Å². The molecule has 0 saturated heterocycles. The summed E-state index contributed by atoms with van der Waals surface area (Å²) in [6.45, 7) is 0.216. The highest BCUT2D eigenvalue weighted by molar-refractivity contribution is 7.99. The van der Waals surface area contributed by atoms with E-state index >= 15 is 0 Å². The van der Waals surface area contributed by atoms with E-state index in [4.69, 9.17) is 0 Å². The highest BCUT2D eigenvalue weighted by atomic mass is 32.2. The molecule has 0 spiro atoms. The van der Waals surface area contributed by atoms with Gasteiger partial charge in [0.05, 0.1) is 13.2 Å². The number of hydrogen-bond acceptors (Lipinski definition) is 6. The van der Waals surface area contributed by atoms with Gasteiger partial charge >= 0.3 is 54.6 Å². The first-order chi connectivity index (χ1) is 18.8. The second kappa shape index (κ2) is 11.4. The lowest BCUT2D eigenvalue weighted by Crippen LogP contribution is -2.75. The quantitative estimate of drug-likeness (QED) is 0.139. The van der Waals surface area contributed by atoms with Crippen LogP contribution in [0.2, 0.25) is 0 Å². The number of alkyl halides is 17. The maximum atomic E-state index is 15.0. The summed E-state index contributed by atoms with van der Waals surface area (Å²) in [5.74, 6) is -56.2. The van der Waals surface area contributed by atoms with Crippen molar-refractivity contribution in [2.75, 3.05) is 19.8 Å². The minimum Gasteiger partial charge on any atom is -0.308 e. The van der Waals surface area contributed by atoms with Gasteiger partial charge in [-0.3, -0.25) is 9.56 Å². The lowest BCUT2D eigenvalue weighted by Gasteiger charge is -2.43. The molecule has 3 atom stereocenters. The van der Waals surface area contributed by atoms with Gasteiger partial charge < -0.3 is 9.05 Å². The first-order valence-corrected chi connectivity index (χ1v) is 14.3. The number of halogens is 17. The highest BCUT2D eigenvalue weighted by Crippen LogP contribution is 2.67. The number of hydrogen-bond donors (Lipinski definition) is 0. The predicted octanol–water partition coefficient (Wildman–Crippen LogP) is 7.30. The zero-order valence-electron chi connectivity index (χ0n) is 21.2. The number of aliphatic imine (C=N–C) groups is 1. The number of rotatable bonds is 14. The summed E-state index contributed by atoms with van der Waals surface area (Å²) in [5.41, 5.74) is 0. The van der Waals surface area contributed by atoms with Crippen molar-refractivity contribution >= 4 is 23.6 Å². The van der Waals surface area contributed by atoms with Crippen molar-refractivity contribution < 1.29 is 96.7 Å². The third-order valence-corrected chi connectivity index (χ3v) is 11.7. The summed E-state index contributed by atoms with van der Waals surface area (Å²) in [4.78, 5) is -0.380. The van der Waals surface area contributed by atoms with E-state index in [0.29, 0.717) is 6.21 Å². The van der Waals surface area contributed by atoms with Gasteiger partial charge in [0.15, 0.2) is 4.99 Å². The fraction of sp³-hybridized carbons (Fsp3) is 0.944. The highest BCUT2D eigenvalue weighted by Gasteiger charge is 2.96. The Labute approximate surface area is 230 Å². The van der Waals surface area contributed by atoms with E-state index < -0.39 is 101 Å². The first-order valence-electron chi connectivity index (χ1n) is 11.1. The Bertz CT molecular complexity index is 1190. The van der Waals surface area contributed by atoms with E-state index in [2.05, 4.69) is 14.0 Å². The van der Waals surface area contributed by atoms with Gasteiger partial charge in [0.1, 0.15) is 0 Å². The predicted molar refractivity (Wildman–Crippen MR) is 110 cm³/mol. The second-order valence-electron chi connectivity index (χ2n) is 8.84. The molecule has 0 bridgehead atoms. The van der Waals surface area contributed by atoms with Crippen LogP contribution in [-0.4, -0.2) is 86.3 Å². The molecule has 1 aliphatic heterocycles. The molecule has 0 amide bonds. The monoisotopic (exact) mass is 715 g/mol. The summed E-state index contributed by atoms with van der Waals surface area (Å²) >= 11 is 0. The maximum absolute atomic E-state index is 15.0. The van der Waals surface area contributed by atoms with Crippen molar-refractivity contribution in [3.63, 3.8) is 0 Å². The number of nitrogens with zero attached hydrogens (tertiary/aromatic N) is 1. The molecule has 0 aromatic heterocycles. The minimum absolute atomic E-state index is 0.354. The molecule has 1 heterocycles. The molecule has 0 saturated carbocycles. The first kappa shape index (κ1) is 39.6. The third kappa shape index (κ3) is 5.52. The standard InChI is InChI=1S/C18H19F17NO5PS/c1-4-40-42(37,41-5-2)10(9-7-36-6-8(9)3)43(38,39)18(34,35)16(29,30)14(25,26)12(21,22)11(19,20)13(23,24)15(27,28)17(31,32)33/h7-10H,4-6H2,1-3H3. The Morgan fingerprint density at radius 2 is 1.07 bits per heavy atom. The number of sulfone groups is 1. The molecule has 6 nitrogen and oxygen atoms in total. The zero-order chi connectivity index (χ0) is 34.7. The zero-order valence-corrected chi connectivity index (χ0v) is 22.9. The summed E-state index contributed by atoms with van der Waals surface area (Å²) in [6.07, 6.45) is -7.58. The molecule has 0 aromatic carbocycles. The van der Waals surface area contributed by atoms with Crippen LogP contribution >= 0.6 is 7.60 Å². The van der Waals surface area contributed by atoms with Crippen LogP contribution in [0.4, 0.5) is 74.6 Å². The van der Waals surface area contributed by atoms with Gasteiger partial charge in [0.2, 0.25) is 9.84 Å². The van der Waals surface area contributed by atoms with Gasteiger partial charge in [-0.15, -0.1) is 0 Å². The van der Waals surface area contributed by atoms with Crippen LogP contribution in [0, 0.1) is 11.8 Å². The third-order valence-electron chi connectivity index (χ3n) is 5.96. The van der Waals surface area contributed by atoms with E-state index in [1.165, 1.54) is 0 Å². The second-order valence-corrected chi connectivity index (χ2v) is 13.5. The van der Waals surface area contributed by atoms with Gasteiger partial charge in [0, 0.05) is 18.7 Å². The van der Waals surface area contributed by atoms with Crippen LogP contribution < -0.4 is 0 Å². The minimum atomic E-state index is -8.98. The fourth-order valence-corrected chi connectivity index (χ4v) is 9.13. The molecule has 0 aromatic rings. The van der Waals surface area contributed by atoms with E-state index in [9.17, 15) is 87.6 Å². The molecule has 0 radical (unpaired) electrons. The smallest absolute Gasteiger partial charge is 0.308 e. The van der Waals surface area contributed by atoms with Crippen LogP contribution in [0.5, 0.6) is 0 Å². The van der Waals surface area contributed by atoms with Crippen LogP contribution in [0.25, 0.3) is 0 Å². The van der Waals surface area contributed by atoms with E-state index in [1.54, 1.807) is 0 Å². The van der Waals surface area contributed by atoms with Crippen LogP contribution in [0.1, 0.15) is 20.8 Å². The van der Waals surface area contributed by atoms with E-state index in [0.717, 1.165) is 20.8 Å². The van der Waals surface area contributed by atoms with Gasteiger partial charge in [-0.1, -0.05) is 6.92 Å². The van der Waals surface area contributed by atoms with Crippen molar-refractivity contribution in [3.05, 3.63) is 0 Å². The Balaban J connectivity index is 4.01. The molecule has 0 aliphatic carbocycles. The lowest BCUT2D eigenvalue weighted by molar-refractivity contribution is -0.458. The summed E-state index contributed by atoms with van der Waals surface area (Å²) < 4.78 is 281. The van der Waals surface area contributed by atoms with Crippen LogP contribution in [0.3, 0.4) is 0 Å². The average molecular weight is 715 g/mol. The summed E-state index contributed by atoms with van der Waals surface area (Å²) in [7, 11) is -13.6. The SMILES string of the molecule is CCOP(=O)(OCC)C(C1C=NCC1C)S(=O)(=O)C(F)(F)C(F)(F)C(F)(F)C(F)(F)C(F)(F)C(F)(F)C(F)(F)C(F)(F)F. The molecule has 43 heavy (non-hydrogen) atoms. The summed E-state index contributed by atoms with van der Waals surface area (Å²) in [5, 5.41) is -7.87. The molecule has 256 valence electrons. The summed E-state index contributed by atoms with van der Waals surface area (Å²) in [6, 6.07) is 0. The van der Waals surface area contributed by atoms with Crippen molar-refractivity contribution in [1.29, 1.82) is 0 Å². The van der Waals surface area contributed by atoms with Gasteiger partial charge in [-0.25, -0.2) is 8.42 Å². The van der Waals surface area contributed by atoms with Crippen LogP contribution in [0.15, 0.2) is 4.99 Å². The van der Waals surface area contributed by atoms with Crippen molar-refractivity contribution in [1.82, 2.24) is 0 Å². The molecular formula is C18H19F17NO5PS. The molecular weight excluding hydrogens is 696 g/mol. The molecule has 25 heteroatoms. The Morgan fingerprint density at radius 1 is 0.721 bits per heavy atom. The largest absolute Gasteiger partial charge is 0.460 e. The molecule has 1 aliphatic rings. The van der Waals surface area contributed by atoms with Crippen molar-refractivity contribution in [3.8, 4) is 0 Å². The van der Waals surface area contributed by atoms with Crippen LogP contribution in [-0.2, 0) is 23.4 Å². The van der Waals surface area contributed by atoms with Crippen molar-refractivity contribution in [2.45, 2.75) is 72.7 Å². The maximum Gasteiger partial charge on any atom is 0.460 e. The normalized spacial score (nSPS) is 21.4.